The van der Waals surface area contributed by atoms with Gasteiger partial charge < -0.3 is 9.14 Å². The fourth-order valence-electron chi connectivity index (χ4n) is 2.34. The van der Waals surface area contributed by atoms with Gasteiger partial charge in [0.05, 0.1) is 12.3 Å². The Bertz CT molecular complexity index is 734. The molecule has 4 heteroatoms. The van der Waals surface area contributed by atoms with Gasteiger partial charge in [-0.2, -0.15) is 0 Å². The average molecular weight is 361 g/mol. The SMILES string of the molecule is Br.CCCCOc1ccc(-c2cn3c(C)cccc3n2)cc1. The molecular weight excluding hydrogens is 340 g/mol. The number of halogens is 1. The van der Waals surface area contributed by atoms with E-state index < -0.39 is 0 Å². The first-order chi connectivity index (χ1) is 10.3. The molecule has 0 aliphatic carbocycles. The number of benzene rings is 1. The summed E-state index contributed by atoms with van der Waals surface area (Å²) in [5.41, 5.74) is 4.27. The van der Waals surface area contributed by atoms with Crippen molar-refractivity contribution in [1.82, 2.24) is 9.38 Å². The Kier molecular flexibility index (Phi) is 5.61. The molecule has 1 aromatic carbocycles. The van der Waals surface area contributed by atoms with E-state index in [9.17, 15) is 0 Å². The number of rotatable bonds is 5. The largest absolute Gasteiger partial charge is 0.494 e. The number of ether oxygens (including phenoxy) is 1. The third-order valence-electron chi connectivity index (χ3n) is 3.61. The van der Waals surface area contributed by atoms with E-state index in [1.54, 1.807) is 0 Å². The van der Waals surface area contributed by atoms with Crippen molar-refractivity contribution in [3.8, 4) is 17.0 Å². The monoisotopic (exact) mass is 360 g/mol. The number of fused-ring (bicyclic) bond motifs is 1. The second kappa shape index (κ2) is 7.45. The van der Waals surface area contributed by atoms with Crippen LogP contribution in [-0.2, 0) is 0 Å². The zero-order valence-electron chi connectivity index (χ0n) is 13.0. The van der Waals surface area contributed by atoms with Crippen LogP contribution in [0.5, 0.6) is 5.75 Å². The van der Waals surface area contributed by atoms with Crippen molar-refractivity contribution in [2.45, 2.75) is 26.7 Å². The number of unbranched alkanes of at least 4 members (excludes halogenated alkanes) is 1. The Balaban J connectivity index is 0.00000176. The summed E-state index contributed by atoms with van der Waals surface area (Å²) in [7, 11) is 0. The van der Waals surface area contributed by atoms with Crippen LogP contribution in [0.1, 0.15) is 25.5 Å². The van der Waals surface area contributed by atoms with Crippen LogP contribution in [-0.4, -0.2) is 16.0 Å². The highest BCUT2D eigenvalue weighted by Crippen LogP contribution is 2.23. The van der Waals surface area contributed by atoms with E-state index >= 15 is 0 Å². The van der Waals surface area contributed by atoms with E-state index in [0.29, 0.717) is 0 Å². The third kappa shape index (κ3) is 3.50. The van der Waals surface area contributed by atoms with E-state index in [1.165, 1.54) is 5.69 Å². The first kappa shape index (κ1) is 16.6. The molecule has 0 radical (unpaired) electrons. The van der Waals surface area contributed by atoms with Crippen molar-refractivity contribution in [2.75, 3.05) is 6.61 Å². The van der Waals surface area contributed by atoms with Gasteiger partial charge in [0, 0.05) is 17.5 Å². The summed E-state index contributed by atoms with van der Waals surface area (Å²) in [4.78, 5) is 4.67. The van der Waals surface area contributed by atoms with Gasteiger partial charge in [-0.25, -0.2) is 4.98 Å². The molecule has 0 unspecified atom stereocenters. The van der Waals surface area contributed by atoms with E-state index in [-0.39, 0.29) is 17.0 Å². The molecule has 0 saturated carbocycles. The molecule has 0 amide bonds. The van der Waals surface area contributed by atoms with Crippen LogP contribution in [0.3, 0.4) is 0 Å². The van der Waals surface area contributed by atoms with Crippen LogP contribution in [0.25, 0.3) is 16.9 Å². The molecule has 22 heavy (non-hydrogen) atoms. The van der Waals surface area contributed by atoms with Crippen molar-refractivity contribution in [3.05, 3.63) is 54.4 Å². The lowest BCUT2D eigenvalue weighted by Crippen LogP contribution is -1.95. The number of aryl methyl sites for hydroxylation is 1. The fourth-order valence-corrected chi connectivity index (χ4v) is 2.34. The molecule has 3 nitrogen and oxygen atoms in total. The molecular formula is C18H21BrN2O. The molecule has 0 N–H and O–H groups in total. The van der Waals surface area contributed by atoms with Crippen LogP contribution in [0.15, 0.2) is 48.7 Å². The van der Waals surface area contributed by atoms with Crippen molar-refractivity contribution < 1.29 is 4.74 Å². The highest BCUT2D eigenvalue weighted by molar-refractivity contribution is 8.93. The molecule has 116 valence electrons. The number of aromatic nitrogens is 2. The van der Waals surface area contributed by atoms with E-state index in [2.05, 4.69) is 47.6 Å². The van der Waals surface area contributed by atoms with Crippen molar-refractivity contribution in [3.63, 3.8) is 0 Å². The molecule has 3 aromatic rings. The standard InChI is InChI=1S/C18H20N2O.BrH/c1-3-4-12-21-16-10-8-15(9-11-16)17-13-20-14(2)6-5-7-18(20)19-17;/h5-11,13H,3-4,12H2,1-2H3;1H. The normalized spacial score (nSPS) is 10.5. The predicted molar refractivity (Wildman–Crippen MR) is 96.1 cm³/mol. The Labute approximate surface area is 141 Å². The van der Waals surface area contributed by atoms with E-state index in [4.69, 9.17) is 4.74 Å². The summed E-state index contributed by atoms with van der Waals surface area (Å²) in [6.45, 7) is 5.03. The molecule has 2 heterocycles. The molecule has 2 aromatic heterocycles. The molecule has 0 aliphatic heterocycles. The molecule has 0 fully saturated rings. The van der Waals surface area contributed by atoms with Crippen molar-refractivity contribution >= 4 is 22.6 Å². The Morgan fingerprint density at radius 1 is 1.09 bits per heavy atom. The van der Waals surface area contributed by atoms with Crippen LogP contribution in [0.4, 0.5) is 0 Å². The zero-order valence-corrected chi connectivity index (χ0v) is 14.7. The maximum Gasteiger partial charge on any atom is 0.137 e. The lowest BCUT2D eigenvalue weighted by molar-refractivity contribution is 0.309. The van der Waals surface area contributed by atoms with Crippen molar-refractivity contribution in [1.29, 1.82) is 0 Å². The fraction of sp³-hybridized carbons (Fsp3) is 0.278. The van der Waals surface area contributed by atoms with Crippen molar-refractivity contribution in [2.24, 2.45) is 0 Å². The second-order valence-electron chi connectivity index (χ2n) is 5.25. The highest BCUT2D eigenvalue weighted by Gasteiger charge is 2.05. The van der Waals surface area contributed by atoms with Crippen LogP contribution in [0, 0.1) is 6.92 Å². The van der Waals surface area contributed by atoms with Gasteiger partial charge >= 0.3 is 0 Å². The van der Waals surface area contributed by atoms with E-state index in [0.717, 1.165) is 42.1 Å². The van der Waals surface area contributed by atoms with Gasteiger partial charge in [0.2, 0.25) is 0 Å². The average Bonchev–Trinajstić information content (AvgIpc) is 2.94. The van der Waals surface area contributed by atoms with Gasteiger partial charge in [0.1, 0.15) is 11.4 Å². The molecule has 0 bridgehead atoms. The maximum atomic E-state index is 5.69. The third-order valence-corrected chi connectivity index (χ3v) is 3.61. The Hall–Kier alpha value is -1.81. The quantitative estimate of drug-likeness (QED) is 0.594. The summed E-state index contributed by atoms with van der Waals surface area (Å²) in [6.07, 6.45) is 4.32. The van der Waals surface area contributed by atoms with Gasteiger partial charge in [-0.05, 0) is 49.7 Å². The van der Waals surface area contributed by atoms with Gasteiger partial charge in [0.15, 0.2) is 0 Å². The number of hydrogen-bond acceptors (Lipinski definition) is 2. The van der Waals surface area contributed by atoms with Crippen LogP contribution in [0.2, 0.25) is 0 Å². The molecule has 0 saturated heterocycles. The number of hydrogen-bond donors (Lipinski definition) is 0. The lowest BCUT2D eigenvalue weighted by Gasteiger charge is -2.05. The number of nitrogens with zero attached hydrogens (tertiary/aromatic N) is 2. The maximum absolute atomic E-state index is 5.69. The second-order valence-corrected chi connectivity index (χ2v) is 5.25. The minimum absolute atomic E-state index is 0. The number of imidazole rings is 1. The topological polar surface area (TPSA) is 26.5 Å². The summed E-state index contributed by atoms with van der Waals surface area (Å²) >= 11 is 0. The molecule has 0 spiro atoms. The summed E-state index contributed by atoms with van der Waals surface area (Å²) in [6, 6.07) is 14.3. The molecule has 3 rings (SSSR count). The molecule has 0 atom stereocenters. The Morgan fingerprint density at radius 3 is 2.55 bits per heavy atom. The zero-order chi connectivity index (χ0) is 14.7. The van der Waals surface area contributed by atoms with Crippen LogP contribution < -0.4 is 4.74 Å². The number of pyridine rings is 1. The Morgan fingerprint density at radius 2 is 1.86 bits per heavy atom. The summed E-state index contributed by atoms with van der Waals surface area (Å²) in [5.74, 6) is 0.923. The first-order valence-corrected chi connectivity index (χ1v) is 7.46. The van der Waals surface area contributed by atoms with E-state index in [1.807, 2.05) is 24.3 Å². The summed E-state index contributed by atoms with van der Waals surface area (Å²) in [5, 5.41) is 0. The minimum atomic E-state index is 0. The smallest absolute Gasteiger partial charge is 0.137 e. The lowest BCUT2D eigenvalue weighted by atomic mass is 10.1. The first-order valence-electron chi connectivity index (χ1n) is 7.46. The van der Waals surface area contributed by atoms with Gasteiger partial charge in [-0.1, -0.05) is 19.4 Å². The van der Waals surface area contributed by atoms with Gasteiger partial charge in [-0.3, -0.25) is 0 Å². The predicted octanol–water partition coefficient (Wildman–Crippen LogP) is 5.07. The van der Waals surface area contributed by atoms with Crippen LogP contribution >= 0.6 is 17.0 Å². The molecule has 0 aliphatic rings. The highest BCUT2D eigenvalue weighted by atomic mass is 79.9. The van der Waals surface area contributed by atoms with Gasteiger partial charge in [0.25, 0.3) is 0 Å². The minimum Gasteiger partial charge on any atom is -0.494 e. The summed E-state index contributed by atoms with van der Waals surface area (Å²) < 4.78 is 7.80. The van der Waals surface area contributed by atoms with Gasteiger partial charge in [-0.15, -0.1) is 17.0 Å².